The summed E-state index contributed by atoms with van der Waals surface area (Å²) < 4.78 is 34.2. The van der Waals surface area contributed by atoms with Gasteiger partial charge in [0.2, 0.25) is 9.84 Å². The van der Waals surface area contributed by atoms with Crippen LogP contribution in [0.3, 0.4) is 0 Å². The zero-order chi connectivity index (χ0) is 12.7. The van der Waals surface area contributed by atoms with E-state index in [0.29, 0.717) is 0 Å². The molecule has 4 nitrogen and oxygen atoms in total. The zero-order valence-corrected chi connectivity index (χ0v) is 10.7. The van der Waals surface area contributed by atoms with Gasteiger partial charge in [0.15, 0.2) is 0 Å². The monoisotopic (exact) mass is 256 g/mol. The van der Waals surface area contributed by atoms with Crippen LogP contribution in [-0.4, -0.2) is 35.9 Å². The molecule has 0 aliphatic carbocycles. The van der Waals surface area contributed by atoms with Crippen molar-refractivity contribution in [3.8, 4) is 0 Å². The summed E-state index contributed by atoms with van der Waals surface area (Å²) >= 11 is 0. The molecule has 0 atom stereocenters. The Bertz CT molecular complexity index is 463. The van der Waals surface area contributed by atoms with Gasteiger partial charge in [-0.3, -0.25) is 0 Å². The van der Waals surface area contributed by atoms with E-state index in [2.05, 4.69) is 0 Å². The van der Waals surface area contributed by atoms with Crippen LogP contribution in [0.15, 0.2) is 46.2 Å². The van der Waals surface area contributed by atoms with E-state index in [1.807, 2.05) is 0 Å². The van der Waals surface area contributed by atoms with Gasteiger partial charge in [-0.15, -0.1) is 0 Å². The summed E-state index contributed by atoms with van der Waals surface area (Å²) in [5.74, 6) is 0. The third-order valence-corrected chi connectivity index (χ3v) is 4.03. The lowest BCUT2D eigenvalue weighted by Gasteiger charge is -2.08. The van der Waals surface area contributed by atoms with Crippen molar-refractivity contribution >= 4 is 9.84 Å². The molecule has 17 heavy (non-hydrogen) atoms. The molecule has 0 saturated carbocycles. The van der Waals surface area contributed by atoms with Crippen LogP contribution >= 0.6 is 0 Å². The van der Waals surface area contributed by atoms with Crippen molar-refractivity contribution in [2.24, 2.45) is 0 Å². The van der Waals surface area contributed by atoms with Gasteiger partial charge < -0.3 is 9.47 Å². The van der Waals surface area contributed by atoms with Crippen LogP contribution in [0, 0.1) is 0 Å². The highest BCUT2D eigenvalue weighted by atomic mass is 32.2. The fourth-order valence-corrected chi connectivity index (χ4v) is 2.69. The molecule has 0 radical (unpaired) electrons. The van der Waals surface area contributed by atoms with Gasteiger partial charge in [0.25, 0.3) is 0 Å². The molecule has 1 rings (SSSR count). The molecule has 0 aromatic heterocycles. The molecule has 0 aliphatic rings. The minimum Gasteiger partial charge on any atom is -0.381 e. The molecular weight excluding hydrogens is 240 g/mol. The fourth-order valence-electron chi connectivity index (χ4n) is 1.32. The summed E-state index contributed by atoms with van der Waals surface area (Å²) in [6.07, 6.45) is 1.52. The van der Waals surface area contributed by atoms with Crippen molar-refractivity contribution in [2.45, 2.75) is 4.90 Å². The van der Waals surface area contributed by atoms with Crippen molar-refractivity contribution in [3.05, 3.63) is 41.3 Å². The van der Waals surface area contributed by atoms with E-state index in [0.717, 1.165) is 0 Å². The molecule has 0 aliphatic heterocycles. The van der Waals surface area contributed by atoms with Crippen molar-refractivity contribution in [3.63, 3.8) is 0 Å². The quantitative estimate of drug-likeness (QED) is 0.776. The Morgan fingerprint density at radius 1 is 1.18 bits per heavy atom. The topological polar surface area (TPSA) is 52.6 Å². The van der Waals surface area contributed by atoms with Crippen LogP contribution in [0.4, 0.5) is 0 Å². The molecule has 0 heterocycles. The summed E-state index contributed by atoms with van der Waals surface area (Å²) in [5, 5.41) is 0. The minimum absolute atomic E-state index is 0.0422. The maximum Gasteiger partial charge on any atom is 0.204 e. The van der Waals surface area contributed by atoms with Gasteiger partial charge in [-0.05, 0) is 18.2 Å². The van der Waals surface area contributed by atoms with Gasteiger partial charge in [-0.1, -0.05) is 18.2 Å². The molecule has 0 bridgehead atoms. The van der Waals surface area contributed by atoms with Gasteiger partial charge >= 0.3 is 0 Å². The number of hydrogen-bond donors (Lipinski definition) is 0. The number of benzene rings is 1. The average molecular weight is 256 g/mol. The number of hydrogen-bond acceptors (Lipinski definition) is 4. The molecule has 1 aromatic rings. The van der Waals surface area contributed by atoms with E-state index in [9.17, 15) is 8.42 Å². The van der Waals surface area contributed by atoms with E-state index in [1.54, 1.807) is 30.3 Å². The smallest absolute Gasteiger partial charge is 0.204 e. The Hall–Kier alpha value is -1.17. The van der Waals surface area contributed by atoms with Gasteiger partial charge in [0.05, 0.1) is 23.0 Å². The van der Waals surface area contributed by atoms with Crippen LogP contribution in [0.2, 0.25) is 0 Å². The van der Waals surface area contributed by atoms with Crippen molar-refractivity contribution < 1.29 is 17.9 Å². The summed E-state index contributed by atoms with van der Waals surface area (Å²) in [7, 11) is -0.510. The van der Waals surface area contributed by atoms with Crippen LogP contribution < -0.4 is 0 Å². The molecule has 0 saturated heterocycles. The Labute approximate surface area is 102 Å². The summed E-state index contributed by atoms with van der Waals surface area (Å²) in [6, 6.07) is 8.27. The van der Waals surface area contributed by atoms with Gasteiger partial charge in [0, 0.05) is 14.2 Å². The average Bonchev–Trinajstić information content (AvgIpc) is 2.35. The Morgan fingerprint density at radius 3 is 2.35 bits per heavy atom. The highest BCUT2D eigenvalue weighted by Crippen LogP contribution is 2.18. The van der Waals surface area contributed by atoms with Crippen LogP contribution in [0.25, 0.3) is 0 Å². The number of rotatable bonds is 6. The lowest BCUT2D eigenvalue weighted by atomic mass is 10.4. The van der Waals surface area contributed by atoms with Crippen molar-refractivity contribution in [2.75, 3.05) is 27.4 Å². The molecule has 94 valence electrons. The van der Waals surface area contributed by atoms with Gasteiger partial charge in [-0.2, -0.15) is 0 Å². The maximum absolute atomic E-state index is 12.2. The second-order valence-electron chi connectivity index (χ2n) is 3.38. The third-order valence-electron chi connectivity index (χ3n) is 2.16. The van der Waals surface area contributed by atoms with E-state index in [-0.39, 0.29) is 23.0 Å². The first kappa shape index (κ1) is 13.9. The molecule has 0 amide bonds. The van der Waals surface area contributed by atoms with Crippen molar-refractivity contribution in [1.82, 2.24) is 0 Å². The highest BCUT2D eigenvalue weighted by molar-refractivity contribution is 7.95. The van der Waals surface area contributed by atoms with E-state index in [1.165, 1.54) is 20.3 Å². The third kappa shape index (κ3) is 3.66. The van der Waals surface area contributed by atoms with Gasteiger partial charge in [-0.25, -0.2) is 8.42 Å². The fraction of sp³-hybridized carbons (Fsp3) is 0.333. The zero-order valence-electron chi connectivity index (χ0n) is 9.92. The number of sulfone groups is 1. The van der Waals surface area contributed by atoms with Crippen LogP contribution in [0.5, 0.6) is 0 Å². The lowest BCUT2D eigenvalue weighted by Crippen LogP contribution is -2.10. The molecule has 0 spiro atoms. The molecule has 0 fully saturated rings. The van der Waals surface area contributed by atoms with E-state index >= 15 is 0 Å². The van der Waals surface area contributed by atoms with Crippen LogP contribution in [-0.2, 0) is 19.3 Å². The minimum atomic E-state index is -3.48. The highest BCUT2D eigenvalue weighted by Gasteiger charge is 2.19. The Morgan fingerprint density at radius 2 is 1.82 bits per heavy atom. The van der Waals surface area contributed by atoms with Gasteiger partial charge in [0.1, 0.15) is 0 Å². The SMILES string of the molecule is COCC=C(COC)S(=O)(=O)c1ccccc1. The first-order valence-corrected chi connectivity index (χ1v) is 6.58. The van der Waals surface area contributed by atoms with Crippen LogP contribution in [0.1, 0.15) is 0 Å². The van der Waals surface area contributed by atoms with E-state index in [4.69, 9.17) is 9.47 Å². The standard InChI is InChI=1S/C12H16O4S/c1-15-9-8-12(10-16-2)17(13,14)11-6-4-3-5-7-11/h3-8H,9-10H2,1-2H3. The first-order valence-electron chi connectivity index (χ1n) is 5.10. The maximum atomic E-state index is 12.2. The second kappa shape index (κ2) is 6.54. The predicted molar refractivity (Wildman–Crippen MR) is 65.5 cm³/mol. The number of ether oxygens (including phenoxy) is 2. The predicted octanol–water partition coefficient (Wildman–Crippen LogP) is 1.64. The molecule has 0 unspecified atom stereocenters. The lowest BCUT2D eigenvalue weighted by molar-refractivity contribution is 0.221. The summed E-state index contributed by atoms with van der Waals surface area (Å²) in [6.45, 7) is 0.283. The Kier molecular flexibility index (Phi) is 5.34. The molecule has 0 N–H and O–H groups in total. The Balaban J connectivity index is 3.09. The largest absolute Gasteiger partial charge is 0.381 e. The molecule has 1 aromatic carbocycles. The summed E-state index contributed by atoms with van der Waals surface area (Å²) in [5.41, 5.74) is 0. The number of methoxy groups -OCH3 is 2. The first-order chi connectivity index (χ1) is 8.12. The molecular formula is C12H16O4S. The second-order valence-corrected chi connectivity index (χ2v) is 5.38. The van der Waals surface area contributed by atoms with E-state index < -0.39 is 9.84 Å². The molecule has 5 heteroatoms. The normalized spacial score (nSPS) is 12.7. The van der Waals surface area contributed by atoms with Crippen molar-refractivity contribution in [1.29, 1.82) is 0 Å². The summed E-state index contributed by atoms with van der Waals surface area (Å²) in [4.78, 5) is 0.479.